The second-order valence-electron chi connectivity index (χ2n) is 5.41. The SMILES string of the molecule is Cc1noc(C)c1C(=O)NCc1cnn(Cc2ccccc2)c1. The van der Waals surface area contributed by atoms with Gasteiger partial charge in [0.1, 0.15) is 11.3 Å². The number of hydrogen-bond acceptors (Lipinski definition) is 4. The molecule has 118 valence electrons. The molecule has 0 bridgehead atoms. The Hall–Kier alpha value is -2.89. The highest BCUT2D eigenvalue weighted by Gasteiger charge is 2.17. The quantitative estimate of drug-likeness (QED) is 0.785. The molecular formula is C17H18N4O2. The first kappa shape index (κ1) is 15.0. The van der Waals surface area contributed by atoms with Crippen LogP contribution in [-0.4, -0.2) is 20.8 Å². The molecule has 0 fully saturated rings. The minimum Gasteiger partial charge on any atom is -0.361 e. The zero-order chi connectivity index (χ0) is 16.2. The van der Waals surface area contributed by atoms with Crippen LogP contribution in [0.15, 0.2) is 47.2 Å². The van der Waals surface area contributed by atoms with Gasteiger partial charge in [-0.15, -0.1) is 0 Å². The summed E-state index contributed by atoms with van der Waals surface area (Å²) < 4.78 is 6.87. The summed E-state index contributed by atoms with van der Waals surface area (Å²) in [6.07, 6.45) is 3.69. The van der Waals surface area contributed by atoms with E-state index in [2.05, 4.69) is 27.7 Å². The molecule has 6 heteroatoms. The molecule has 3 rings (SSSR count). The molecule has 0 saturated heterocycles. The lowest BCUT2D eigenvalue weighted by atomic mass is 10.2. The van der Waals surface area contributed by atoms with Crippen LogP contribution in [0, 0.1) is 13.8 Å². The van der Waals surface area contributed by atoms with E-state index in [-0.39, 0.29) is 5.91 Å². The zero-order valence-corrected chi connectivity index (χ0v) is 13.1. The molecule has 0 aliphatic carbocycles. The van der Waals surface area contributed by atoms with E-state index >= 15 is 0 Å². The summed E-state index contributed by atoms with van der Waals surface area (Å²) in [4.78, 5) is 12.2. The maximum Gasteiger partial charge on any atom is 0.257 e. The number of rotatable bonds is 5. The van der Waals surface area contributed by atoms with Crippen molar-refractivity contribution in [2.45, 2.75) is 26.9 Å². The van der Waals surface area contributed by atoms with Crippen LogP contribution in [0.4, 0.5) is 0 Å². The number of aryl methyl sites for hydroxylation is 2. The van der Waals surface area contributed by atoms with Gasteiger partial charge in [0.15, 0.2) is 0 Å². The molecule has 0 atom stereocenters. The molecular weight excluding hydrogens is 292 g/mol. The van der Waals surface area contributed by atoms with Gasteiger partial charge in [-0.05, 0) is 19.4 Å². The van der Waals surface area contributed by atoms with Crippen LogP contribution in [0.5, 0.6) is 0 Å². The van der Waals surface area contributed by atoms with E-state index in [1.165, 1.54) is 5.56 Å². The largest absolute Gasteiger partial charge is 0.361 e. The number of nitrogens with zero attached hydrogens (tertiary/aromatic N) is 3. The molecule has 0 aliphatic heterocycles. The highest BCUT2D eigenvalue weighted by molar-refractivity contribution is 5.95. The summed E-state index contributed by atoms with van der Waals surface area (Å²) in [6.45, 7) is 4.60. The van der Waals surface area contributed by atoms with Gasteiger partial charge in [-0.25, -0.2) is 0 Å². The van der Waals surface area contributed by atoms with E-state index in [4.69, 9.17) is 4.52 Å². The highest BCUT2D eigenvalue weighted by atomic mass is 16.5. The van der Waals surface area contributed by atoms with Crippen molar-refractivity contribution in [2.24, 2.45) is 0 Å². The van der Waals surface area contributed by atoms with Crippen molar-refractivity contribution < 1.29 is 9.32 Å². The van der Waals surface area contributed by atoms with Crippen LogP contribution in [0.25, 0.3) is 0 Å². The van der Waals surface area contributed by atoms with Crippen molar-refractivity contribution in [3.8, 4) is 0 Å². The van der Waals surface area contributed by atoms with Gasteiger partial charge in [0, 0.05) is 18.3 Å². The maximum absolute atomic E-state index is 12.2. The summed E-state index contributed by atoms with van der Waals surface area (Å²) in [6, 6.07) is 10.1. The van der Waals surface area contributed by atoms with Crippen LogP contribution >= 0.6 is 0 Å². The number of carbonyl (C=O) groups excluding carboxylic acids is 1. The summed E-state index contributed by atoms with van der Waals surface area (Å²) in [5.41, 5.74) is 3.23. The third-order valence-electron chi connectivity index (χ3n) is 3.59. The van der Waals surface area contributed by atoms with Gasteiger partial charge in [-0.3, -0.25) is 9.48 Å². The molecule has 0 spiro atoms. The first-order valence-electron chi connectivity index (χ1n) is 7.40. The fraction of sp³-hybridized carbons (Fsp3) is 0.235. The third-order valence-corrected chi connectivity index (χ3v) is 3.59. The van der Waals surface area contributed by atoms with Crippen LogP contribution in [0.3, 0.4) is 0 Å². The zero-order valence-electron chi connectivity index (χ0n) is 13.1. The van der Waals surface area contributed by atoms with Crippen molar-refractivity contribution in [3.05, 3.63) is 70.9 Å². The van der Waals surface area contributed by atoms with E-state index < -0.39 is 0 Å². The third kappa shape index (κ3) is 3.48. The lowest BCUT2D eigenvalue weighted by molar-refractivity contribution is 0.0949. The standard InChI is InChI=1S/C17H18N4O2/c1-12-16(13(2)23-20-12)17(22)18-8-15-9-19-21(11-15)10-14-6-4-3-5-7-14/h3-7,9,11H,8,10H2,1-2H3,(H,18,22). The number of nitrogens with one attached hydrogen (secondary N) is 1. The summed E-state index contributed by atoms with van der Waals surface area (Å²) >= 11 is 0. The predicted octanol–water partition coefficient (Wildman–Crippen LogP) is 2.47. The Bertz CT molecular complexity index is 786. The molecule has 1 N–H and O–H groups in total. The summed E-state index contributed by atoms with van der Waals surface area (Å²) in [5, 5.41) is 11.0. The van der Waals surface area contributed by atoms with Crippen molar-refractivity contribution in [3.63, 3.8) is 0 Å². The van der Waals surface area contributed by atoms with Crippen molar-refractivity contribution >= 4 is 5.91 Å². The van der Waals surface area contributed by atoms with Gasteiger partial charge < -0.3 is 9.84 Å². The number of carbonyl (C=O) groups is 1. The van der Waals surface area contributed by atoms with Gasteiger partial charge in [0.05, 0.1) is 18.4 Å². The Labute approximate surface area is 134 Å². The van der Waals surface area contributed by atoms with Gasteiger partial charge >= 0.3 is 0 Å². The molecule has 3 aromatic rings. The Balaban J connectivity index is 1.60. The second kappa shape index (κ2) is 6.48. The fourth-order valence-corrected chi connectivity index (χ4v) is 2.43. The molecule has 2 aromatic heterocycles. The first-order chi connectivity index (χ1) is 11.1. The second-order valence-corrected chi connectivity index (χ2v) is 5.41. The molecule has 6 nitrogen and oxygen atoms in total. The molecule has 0 saturated carbocycles. The summed E-state index contributed by atoms with van der Waals surface area (Å²) in [5.74, 6) is 0.344. The van der Waals surface area contributed by atoms with Gasteiger partial charge in [0.25, 0.3) is 5.91 Å². The predicted molar refractivity (Wildman–Crippen MR) is 84.9 cm³/mol. The molecule has 0 unspecified atom stereocenters. The normalized spacial score (nSPS) is 10.7. The van der Waals surface area contributed by atoms with E-state index in [0.29, 0.717) is 30.1 Å². The van der Waals surface area contributed by atoms with E-state index in [1.807, 2.05) is 29.1 Å². The number of aromatic nitrogens is 3. The number of hydrogen-bond donors (Lipinski definition) is 1. The van der Waals surface area contributed by atoms with Crippen LogP contribution in [0.2, 0.25) is 0 Å². The smallest absolute Gasteiger partial charge is 0.257 e. The average Bonchev–Trinajstić information content (AvgIpc) is 3.13. The van der Waals surface area contributed by atoms with Crippen LogP contribution < -0.4 is 5.32 Å². The highest BCUT2D eigenvalue weighted by Crippen LogP contribution is 2.12. The van der Waals surface area contributed by atoms with Crippen molar-refractivity contribution in [1.29, 1.82) is 0 Å². The van der Waals surface area contributed by atoms with Gasteiger partial charge in [-0.2, -0.15) is 5.10 Å². The molecule has 0 radical (unpaired) electrons. The van der Waals surface area contributed by atoms with E-state index in [0.717, 1.165) is 5.56 Å². The lowest BCUT2D eigenvalue weighted by Gasteiger charge is -2.03. The Morgan fingerprint density at radius 3 is 2.70 bits per heavy atom. The molecule has 2 heterocycles. The topological polar surface area (TPSA) is 73.0 Å². The number of amides is 1. The van der Waals surface area contributed by atoms with Crippen LogP contribution in [0.1, 0.15) is 32.9 Å². The Morgan fingerprint density at radius 1 is 1.22 bits per heavy atom. The van der Waals surface area contributed by atoms with Gasteiger partial charge in [-0.1, -0.05) is 35.5 Å². The Morgan fingerprint density at radius 2 is 2.00 bits per heavy atom. The maximum atomic E-state index is 12.2. The average molecular weight is 310 g/mol. The lowest BCUT2D eigenvalue weighted by Crippen LogP contribution is -2.23. The molecule has 23 heavy (non-hydrogen) atoms. The minimum absolute atomic E-state index is 0.183. The Kier molecular flexibility index (Phi) is 4.23. The fourth-order valence-electron chi connectivity index (χ4n) is 2.43. The molecule has 1 amide bonds. The van der Waals surface area contributed by atoms with Crippen LogP contribution in [-0.2, 0) is 13.1 Å². The monoisotopic (exact) mass is 310 g/mol. The van der Waals surface area contributed by atoms with E-state index in [9.17, 15) is 4.79 Å². The molecule has 1 aromatic carbocycles. The van der Waals surface area contributed by atoms with Crippen molar-refractivity contribution in [1.82, 2.24) is 20.3 Å². The minimum atomic E-state index is -0.183. The van der Waals surface area contributed by atoms with E-state index in [1.54, 1.807) is 20.0 Å². The number of benzene rings is 1. The van der Waals surface area contributed by atoms with Crippen molar-refractivity contribution in [2.75, 3.05) is 0 Å². The van der Waals surface area contributed by atoms with Gasteiger partial charge in [0.2, 0.25) is 0 Å². The molecule has 0 aliphatic rings. The summed E-state index contributed by atoms with van der Waals surface area (Å²) in [7, 11) is 0. The first-order valence-corrected chi connectivity index (χ1v) is 7.40.